The number of aromatic amines is 1. The fourth-order valence-corrected chi connectivity index (χ4v) is 2.98. The second kappa shape index (κ2) is 7.07. The topological polar surface area (TPSA) is 58.6 Å². The number of nitrogens with zero attached hydrogens (tertiary/aromatic N) is 2. The average molecular weight is 363 g/mol. The van der Waals surface area contributed by atoms with Gasteiger partial charge in [-0.15, -0.1) is 0 Å². The van der Waals surface area contributed by atoms with Crippen LogP contribution in [0.5, 0.6) is 0 Å². The Morgan fingerprint density at radius 3 is 2.70 bits per heavy atom. The van der Waals surface area contributed by atoms with Gasteiger partial charge in [0.2, 0.25) is 0 Å². The van der Waals surface area contributed by atoms with E-state index in [0.717, 1.165) is 34.3 Å². The Balaban J connectivity index is 1.47. The Kier molecular flexibility index (Phi) is 4.46. The first-order valence-electron chi connectivity index (χ1n) is 8.43. The van der Waals surface area contributed by atoms with Crippen molar-refractivity contribution < 1.29 is 13.6 Å². The fourth-order valence-electron chi connectivity index (χ4n) is 2.98. The number of benzene rings is 1. The van der Waals surface area contributed by atoms with E-state index in [4.69, 9.17) is 0 Å². The van der Waals surface area contributed by atoms with Crippen molar-refractivity contribution in [2.24, 2.45) is 0 Å². The number of pyridine rings is 2. The highest BCUT2D eigenvalue weighted by atomic mass is 19.2. The lowest BCUT2D eigenvalue weighted by molar-refractivity contribution is 0.0991. The summed E-state index contributed by atoms with van der Waals surface area (Å²) in [6.45, 7) is 0. The molecule has 4 aromatic rings. The number of nitrogens with one attached hydrogen (secondary N) is 1. The summed E-state index contributed by atoms with van der Waals surface area (Å²) in [5, 5.41) is 1.06. The zero-order valence-corrected chi connectivity index (χ0v) is 14.2. The molecule has 0 atom stereocenters. The molecule has 0 amide bonds. The molecule has 134 valence electrons. The summed E-state index contributed by atoms with van der Waals surface area (Å²) in [7, 11) is 0. The summed E-state index contributed by atoms with van der Waals surface area (Å²) in [6.07, 6.45) is 6.11. The number of halogens is 2. The molecule has 3 heterocycles. The standard InChI is InChI=1S/C21H15F2N3O/c22-18-6-4-14(9-19(18)23)20(27)10-16-5-3-13(11-25-16)8-15-12-26-21-17(15)2-1-7-24-21/h1-7,9,11-12H,8,10H2,(H,24,26). The van der Waals surface area contributed by atoms with E-state index in [2.05, 4.69) is 15.0 Å². The lowest BCUT2D eigenvalue weighted by Gasteiger charge is -2.04. The largest absolute Gasteiger partial charge is 0.346 e. The van der Waals surface area contributed by atoms with E-state index >= 15 is 0 Å². The minimum absolute atomic E-state index is 0.0301. The van der Waals surface area contributed by atoms with Crippen molar-refractivity contribution in [3.63, 3.8) is 0 Å². The van der Waals surface area contributed by atoms with E-state index in [-0.39, 0.29) is 17.8 Å². The summed E-state index contributed by atoms with van der Waals surface area (Å²) < 4.78 is 26.3. The van der Waals surface area contributed by atoms with Gasteiger partial charge in [-0.2, -0.15) is 0 Å². The first-order chi connectivity index (χ1) is 13.1. The van der Waals surface area contributed by atoms with E-state index in [0.29, 0.717) is 12.1 Å². The second-order valence-corrected chi connectivity index (χ2v) is 6.28. The van der Waals surface area contributed by atoms with Crippen LogP contribution in [-0.4, -0.2) is 20.7 Å². The van der Waals surface area contributed by atoms with Crippen LogP contribution in [0.2, 0.25) is 0 Å². The number of Topliss-reactive ketones (excluding diaryl/α,β-unsaturated/α-hetero) is 1. The maximum Gasteiger partial charge on any atom is 0.168 e. The molecule has 1 aromatic carbocycles. The van der Waals surface area contributed by atoms with Crippen molar-refractivity contribution >= 4 is 16.8 Å². The summed E-state index contributed by atoms with van der Waals surface area (Å²) in [4.78, 5) is 24.0. The molecule has 4 nitrogen and oxygen atoms in total. The van der Waals surface area contributed by atoms with Crippen LogP contribution < -0.4 is 0 Å². The first kappa shape index (κ1) is 17.0. The number of hydrogen-bond donors (Lipinski definition) is 1. The minimum Gasteiger partial charge on any atom is -0.346 e. The number of carbonyl (C=O) groups is 1. The van der Waals surface area contributed by atoms with Gasteiger partial charge in [-0.1, -0.05) is 6.07 Å². The molecule has 3 aromatic heterocycles. The van der Waals surface area contributed by atoms with Gasteiger partial charge in [0.15, 0.2) is 17.4 Å². The molecule has 0 aliphatic rings. The van der Waals surface area contributed by atoms with Crippen LogP contribution in [0.25, 0.3) is 11.0 Å². The Hall–Kier alpha value is -3.41. The van der Waals surface area contributed by atoms with Crippen LogP contribution in [0.3, 0.4) is 0 Å². The number of fused-ring (bicyclic) bond motifs is 1. The van der Waals surface area contributed by atoms with Gasteiger partial charge >= 0.3 is 0 Å². The highest BCUT2D eigenvalue weighted by Gasteiger charge is 2.12. The van der Waals surface area contributed by atoms with E-state index in [1.807, 2.05) is 24.4 Å². The molecule has 0 saturated heterocycles. The second-order valence-electron chi connectivity index (χ2n) is 6.28. The molecule has 0 saturated carbocycles. The third-order valence-corrected chi connectivity index (χ3v) is 4.40. The van der Waals surface area contributed by atoms with Crippen LogP contribution in [0.4, 0.5) is 8.78 Å². The number of aromatic nitrogens is 3. The van der Waals surface area contributed by atoms with Crippen LogP contribution in [0.15, 0.2) is 61.1 Å². The number of rotatable bonds is 5. The summed E-state index contributed by atoms with van der Waals surface area (Å²) in [5.41, 5.74) is 3.67. The number of hydrogen-bond acceptors (Lipinski definition) is 3. The highest BCUT2D eigenvalue weighted by molar-refractivity contribution is 5.97. The van der Waals surface area contributed by atoms with Crippen LogP contribution in [0.1, 0.15) is 27.2 Å². The van der Waals surface area contributed by atoms with E-state index in [9.17, 15) is 13.6 Å². The molecule has 0 aliphatic carbocycles. The molecule has 6 heteroatoms. The Labute approximate surface area is 153 Å². The number of carbonyl (C=O) groups excluding carboxylic acids is 1. The molecule has 0 bridgehead atoms. The molecule has 0 radical (unpaired) electrons. The molecule has 27 heavy (non-hydrogen) atoms. The average Bonchev–Trinajstić information content (AvgIpc) is 3.08. The predicted molar refractivity (Wildman–Crippen MR) is 97.5 cm³/mol. The Morgan fingerprint density at radius 2 is 1.93 bits per heavy atom. The molecule has 1 N–H and O–H groups in total. The Morgan fingerprint density at radius 1 is 1.04 bits per heavy atom. The lowest BCUT2D eigenvalue weighted by Crippen LogP contribution is -2.06. The predicted octanol–water partition coefficient (Wildman–Crippen LogP) is 4.25. The van der Waals surface area contributed by atoms with Crippen molar-refractivity contribution in [2.75, 3.05) is 0 Å². The van der Waals surface area contributed by atoms with E-state index < -0.39 is 11.6 Å². The van der Waals surface area contributed by atoms with Gasteiger partial charge in [-0.3, -0.25) is 9.78 Å². The third kappa shape index (κ3) is 3.60. The SMILES string of the molecule is O=C(Cc1ccc(Cc2c[nH]c3ncccc23)cn1)c1ccc(F)c(F)c1. The summed E-state index contributed by atoms with van der Waals surface area (Å²) in [5.74, 6) is -2.31. The third-order valence-electron chi connectivity index (χ3n) is 4.40. The zero-order valence-electron chi connectivity index (χ0n) is 14.2. The smallest absolute Gasteiger partial charge is 0.168 e. The summed E-state index contributed by atoms with van der Waals surface area (Å²) in [6, 6.07) is 10.7. The van der Waals surface area contributed by atoms with Gasteiger partial charge in [-0.05, 0) is 47.5 Å². The molecular weight excluding hydrogens is 348 g/mol. The van der Waals surface area contributed by atoms with Gasteiger partial charge in [0.05, 0.1) is 6.42 Å². The maximum atomic E-state index is 13.3. The Bertz CT molecular complexity index is 1120. The van der Waals surface area contributed by atoms with Crippen molar-refractivity contribution in [1.29, 1.82) is 0 Å². The number of ketones is 1. The fraction of sp³-hybridized carbons (Fsp3) is 0.0952. The molecule has 0 aliphatic heterocycles. The van der Waals surface area contributed by atoms with Gasteiger partial charge in [0.1, 0.15) is 5.65 Å². The monoisotopic (exact) mass is 363 g/mol. The lowest BCUT2D eigenvalue weighted by atomic mass is 10.0. The number of H-pyrrole nitrogens is 1. The van der Waals surface area contributed by atoms with Crippen LogP contribution in [0, 0.1) is 11.6 Å². The quantitative estimate of drug-likeness (QED) is 0.539. The van der Waals surface area contributed by atoms with Crippen molar-refractivity contribution in [2.45, 2.75) is 12.8 Å². The first-order valence-corrected chi connectivity index (χ1v) is 8.43. The normalized spacial score (nSPS) is 11.0. The zero-order chi connectivity index (χ0) is 18.8. The minimum atomic E-state index is -1.03. The highest BCUT2D eigenvalue weighted by Crippen LogP contribution is 2.19. The van der Waals surface area contributed by atoms with Gasteiger partial charge in [0.25, 0.3) is 0 Å². The van der Waals surface area contributed by atoms with E-state index in [1.54, 1.807) is 18.5 Å². The van der Waals surface area contributed by atoms with Crippen molar-refractivity contribution in [3.05, 3.63) is 95.1 Å². The van der Waals surface area contributed by atoms with Gasteiger partial charge in [0, 0.05) is 41.7 Å². The molecule has 0 spiro atoms. The van der Waals surface area contributed by atoms with Crippen LogP contribution in [-0.2, 0) is 12.8 Å². The summed E-state index contributed by atoms with van der Waals surface area (Å²) >= 11 is 0. The van der Waals surface area contributed by atoms with Crippen molar-refractivity contribution in [3.8, 4) is 0 Å². The van der Waals surface area contributed by atoms with Crippen LogP contribution >= 0.6 is 0 Å². The molecule has 0 fully saturated rings. The molecular formula is C21H15F2N3O. The van der Waals surface area contributed by atoms with Gasteiger partial charge < -0.3 is 4.98 Å². The van der Waals surface area contributed by atoms with E-state index in [1.165, 1.54) is 6.07 Å². The maximum absolute atomic E-state index is 13.3. The van der Waals surface area contributed by atoms with Crippen molar-refractivity contribution in [1.82, 2.24) is 15.0 Å². The van der Waals surface area contributed by atoms with Gasteiger partial charge in [-0.25, -0.2) is 13.8 Å². The molecule has 4 rings (SSSR count). The molecule has 0 unspecified atom stereocenters.